The van der Waals surface area contributed by atoms with Gasteiger partial charge in [0.2, 0.25) is 0 Å². The van der Waals surface area contributed by atoms with E-state index in [4.69, 9.17) is 5.26 Å². The summed E-state index contributed by atoms with van der Waals surface area (Å²) in [6.45, 7) is 4.25. The molecule has 0 radical (unpaired) electrons. The summed E-state index contributed by atoms with van der Waals surface area (Å²) in [5, 5.41) is 7.88. The molecule has 0 rings (SSSR count). The van der Waals surface area contributed by atoms with Crippen molar-refractivity contribution in [2.24, 2.45) is 0 Å². The Hall–Kier alpha value is -0.910. The number of nitriles is 1. The van der Waals surface area contributed by atoms with Crippen LogP contribution in [0.5, 0.6) is 0 Å². The minimum Gasteiger partial charge on any atom is -0.201 e. The van der Waals surface area contributed by atoms with Crippen LogP contribution in [0.3, 0.4) is 0 Å². The number of allylic oxidation sites excluding steroid dienone is 1. The van der Waals surface area contributed by atoms with Gasteiger partial charge >= 0.3 is 0 Å². The monoisotopic (exact) mass is 131 g/mol. The van der Waals surface area contributed by atoms with Crippen LogP contribution in [0.15, 0.2) is 12.2 Å². The molecule has 0 unspecified atom stereocenters. The molecule has 9 heavy (non-hydrogen) atoms. The van der Waals surface area contributed by atoms with Crippen molar-refractivity contribution in [3.05, 3.63) is 12.2 Å². The lowest BCUT2D eigenvalue weighted by molar-refractivity contribution is 0.0476. The average molecular weight is 131 g/mol. The fourth-order valence-electron chi connectivity index (χ4n) is 0.250. The summed E-state index contributed by atoms with van der Waals surface area (Å²) >= 11 is 0. The van der Waals surface area contributed by atoms with Gasteiger partial charge in [-0.25, -0.2) is 8.78 Å². The summed E-state index contributed by atoms with van der Waals surface area (Å²) in [4.78, 5) is 0. The zero-order chi connectivity index (χ0) is 7.49. The van der Waals surface area contributed by atoms with Crippen LogP contribution in [0.2, 0.25) is 0 Å². The number of halogens is 2. The summed E-state index contributed by atoms with van der Waals surface area (Å²) in [6, 6.07) is 1.38. The molecular weight excluding hydrogens is 124 g/mol. The van der Waals surface area contributed by atoms with E-state index in [1.807, 2.05) is 0 Å². The molecule has 0 aromatic rings. The lowest BCUT2D eigenvalue weighted by Crippen LogP contribution is -2.15. The highest BCUT2D eigenvalue weighted by atomic mass is 19.3. The fraction of sp³-hybridized carbons (Fsp3) is 0.500. The van der Waals surface area contributed by atoms with E-state index in [0.717, 1.165) is 0 Å². The Balaban J connectivity index is 4.06. The molecule has 0 atom stereocenters. The molecule has 50 valence electrons. The molecule has 0 heterocycles. The fourth-order valence-corrected chi connectivity index (χ4v) is 0.250. The zero-order valence-corrected chi connectivity index (χ0v) is 5.12. The van der Waals surface area contributed by atoms with E-state index in [1.165, 1.54) is 13.0 Å². The van der Waals surface area contributed by atoms with E-state index in [9.17, 15) is 8.78 Å². The number of rotatable bonds is 2. The standard InChI is InChI=1S/C6H7F2N/c1-5(2)6(7,8)3-4-9/h1,3H2,2H3. The molecule has 0 spiro atoms. The van der Waals surface area contributed by atoms with Gasteiger partial charge in [0.25, 0.3) is 5.92 Å². The average Bonchev–Trinajstić information content (AvgIpc) is 1.65. The Morgan fingerprint density at radius 2 is 2.22 bits per heavy atom. The molecule has 0 saturated heterocycles. The second-order valence-corrected chi connectivity index (χ2v) is 1.82. The smallest absolute Gasteiger partial charge is 0.201 e. The van der Waals surface area contributed by atoms with Gasteiger partial charge in [-0.2, -0.15) is 5.26 Å². The number of nitrogens with zero attached hydrogens (tertiary/aromatic N) is 1. The van der Waals surface area contributed by atoms with Crippen molar-refractivity contribution >= 4 is 0 Å². The predicted molar refractivity (Wildman–Crippen MR) is 30.0 cm³/mol. The first-order valence-electron chi connectivity index (χ1n) is 2.41. The zero-order valence-electron chi connectivity index (χ0n) is 5.12. The topological polar surface area (TPSA) is 23.8 Å². The van der Waals surface area contributed by atoms with E-state index in [1.54, 1.807) is 0 Å². The van der Waals surface area contributed by atoms with Crippen LogP contribution in [0, 0.1) is 11.3 Å². The van der Waals surface area contributed by atoms with E-state index in [0.29, 0.717) is 0 Å². The normalized spacial score (nSPS) is 10.4. The van der Waals surface area contributed by atoms with Gasteiger partial charge in [0.05, 0.1) is 6.07 Å². The highest BCUT2D eigenvalue weighted by Gasteiger charge is 2.28. The lowest BCUT2D eigenvalue weighted by Gasteiger charge is -2.10. The third-order valence-corrected chi connectivity index (χ3v) is 0.925. The van der Waals surface area contributed by atoms with Crippen LogP contribution >= 0.6 is 0 Å². The Kier molecular flexibility index (Phi) is 2.32. The molecule has 1 nitrogen and oxygen atoms in total. The van der Waals surface area contributed by atoms with Crippen molar-refractivity contribution in [3.63, 3.8) is 0 Å². The molecule has 0 aromatic heterocycles. The Labute approximate surface area is 52.6 Å². The number of alkyl halides is 2. The minimum atomic E-state index is -3.01. The molecule has 0 N–H and O–H groups in total. The number of hydrogen-bond donors (Lipinski definition) is 0. The molecule has 0 aliphatic carbocycles. The van der Waals surface area contributed by atoms with Crippen molar-refractivity contribution < 1.29 is 8.78 Å². The summed E-state index contributed by atoms with van der Waals surface area (Å²) in [7, 11) is 0. The molecule has 0 bridgehead atoms. The van der Waals surface area contributed by atoms with Gasteiger partial charge in [0, 0.05) is 0 Å². The first-order chi connectivity index (χ1) is 4.00. The Morgan fingerprint density at radius 3 is 2.33 bits per heavy atom. The second kappa shape index (κ2) is 2.58. The summed E-state index contributed by atoms with van der Waals surface area (Å²) < 4.78 is 24.4. The maximum atomic E-state index is 12.2. The maximum Gasteiger partial charge on any atom is 0.281 e. The SMILES string of the molecule is C=C(C)C(F)(F)CC#N. The van der Waals surface area contributed by atoms with Crippen LogP contribution in [-0.4, -0.2) is 5.92 Å². The van der Waals surface area contributed by atoms with Gasteiger partial charge in [-0.15, -0.1) is 0 Å². The first kappa shape index (κ1) is 8.09. The molecule has 0 aliphatic heterocycles. The van der Waals surface area contributed by atoms with Crippen LogP contribution in [0.1, 0.15) is 13.3 Å². The largest absolute Gasteiger partial charge is 0.281 e. The maximum absolute atomic E-state index is 12.2. The van der Waals surface area contributed by atoms with Crippen LogP contribution in [-0.2, 0) is 0 Å². The van der Waals surface area contributed by atoms with Gasteiger partial charge < -0.3 is 0 Å². The van der Waals surface area contributed by atoms with E-state index >= 15 is 0 Å². The molecule has 0 amide bonds. The van der Waals surface area contributed by atoms with E-state index < -0.39 is 12.3 Å². The van der Waals surface area contributed by atoms with Crippen molar-refractivity contribution in [1.29, 1.82) is 5.26 Å². The van der Waals surface area contributed by atoms with Crippen LogP contribution in [0.25, 0.3) is 0 Å². The summed E-state index contributed by atoms with van der Waals surface area (Å²) in [5.41, 5.74) is -0.260. The molecule has 3 heteroatoms. The lowest BCUT2D eigenvalue weighted by atomic mass is 10.1. The molecule has 0 saturated carbocycles. The van der Waals surface area contributed by atoms with Gasteiger partial charge in [-0.1, -0.05) is 6.58 Å². The van der Waals surface area contributed by atoms with Crippen LogP contribution in [0.4, 0.5) is 8.78 Å². The third kappa shape index (κ3) is 2.22. The van der Waals surface area contributed by atoms with E-state index in [-0.39, 0.29) is 5.57 Å². The molecular formula is C6H7F2N. The molecule has 0 aliphatic rings. The molecule has 0 aromatic carbocycles. The first-order valence-corrected chi connectivity index (χ1v) is 2.41. The Morgan fingerprint density at radius 1 is 1.78 bits per heavy atom. The van der Waals surface area contributed by atoms with Crippen molar-refractivity contribution in [1.82, 2.24) is 0 Å². The number of hydrogen-bond acceptors (Lipinski definition) is 1. The minimum absolute atomic E-state index is 0.260. The highest BCUT2D eigenvalue weighted by Crippen LogP contribution is 2.24. The van der Waals surface area contributed by atoms with E-state index in [2.05, 4.69) is 6.58 Å². The van der Waals surface area contributed by atoms with Crippen LogP contribution < -0.4 is 0 Å². The second-order valence-electron chi connectivity index (χ2n) is 1.82. The van der Waals surface area contributed by atoms with Gasteiger partial charge in [-0.3, -0.25) is 0 Å². The highest BCUT2D eigenvalue weighted by molar-refractivity contribution is 5.06. The summed E-state index contributed by atoms with van der Waals surface area (Å²) in [5.74, 6) is -3.01. The van der Waals surface area contributed by atoms with Crippen molar-refractivity contribution in [2.75, 3.05) is 0 Å². The van der Waals surface area contributed by atoms with Gasteiger partial charge in [-0.05, 0) is 12.5 Å². The quantitative estimate of drug-likeness (QED) is 0.526. The Bertz CT molecular complexity index is 155. The van der Waals surface area contributed by atoms with Crippen molar-refractivity contribution in [2.45, 2.75) is 19.3 Å². The third-order valence-electron chi connectivity index (χ3n) is 0.925. The molecule has 0 fully saturated rings. The van der Waals surface area contributed by atoms with Crippen molar-refractivity contribution in [3.8, 4) is 6.07 Å². The van der Waals surface area contributed by atoms with Gasteiger partial charge in [0.1, 0.15) is 6.42 Å². The van der Waals surface area contributed by atoms with Gasteiger partial charge in [0.15, 0.2) is 0 Å². The predicted octanol–water partition coefficient (Wildman–Crippen LogP) is 2.11. The summed E-state index contributed by atoms with van der Waals surface area (Å²) in [6.07, 6.45) is -0.775.